The van der Waals surface area contributed by atoms with Crippen molar-refractivity contribution in [3.05, 3.63) is 194 Å². The van der Waals surface area contributed by atoms with Crippen molar-refractivity contribution in [2.75, 3.05) is 4.90 Å². The van der Waals surface area contributed by atoms with Gasteiger partial charge < -0.3 is 4.57 Å². The Morgan fingerprint density at radius 1 is 0.436 bits per heavy atom. The molecule has 5 heteroatoms. The topological polar surface area (TPSA) is 34.0 Å². The number of hydrogen-bond acceptors (Lipinski definition) is 4. The van der Waals surface area contributed by atoms with Crippen molar-refractivity contribution in [3.63, 3.8) is 0 Å². The maximum atomic E-state index is 5.38. The third-order valence-corrected chi connectivity index (χ3v) is 11.8. The van der Waals surface area contributed by atoms with Crippen LogP contribution in [0.3, 0.4) is 0 Å². The zero-order chi connectivity index (χ0) is 36.3. The summed E-state index contributed by atoms with van der Waals surface area (Å²) in [4.78, 5) is 12.8. The van der Waals surface area contributed by atoms with Crippen LogP contribution in [0.15, 0.2) is 194 Å². The number of nitrogens with zero attached hydrogens (tertiary/aromatic N) is 4. The molecule has 0 amide bonds. The molecule has 0 aliphatic heterocycles. The number of fused-ring (bicyclic) bond motifs is 7. The highest BCUT2D eigenvalue weighted by molar-refractivity contribution is 7.26. The van der Waals surface area contributed by atoms with E-state index in [0.29, 0.717) is 5.95 Å². The van der Waals surface area contributed by atoms with Gasteiger partial charge in [0.1, 0.15) is 0 Å². The molecule has 3 aromatic heterocycles. The molecule has 0 saturated carbocycles. The SMILES string of the molecule is c1ccc(-c2nc(N(c3ccc(-c4cccc5c4sc4ccccc45)cc3)c3ccc4c(c3)c3ccccc3n4-c3ccccc3)nc3ccccc23)cc1. The van der Waals surface area contributed by atoms with E-state index in [0.717, 1.165) is 44.7 Å². The summed E-state index contributed by atoms with van der Waals surface area (Å²) in [6.07, 6.45) is 0. The van der Waals surface area contributed by atoms with Gasteiger partial charge in [0.15, 0.2) is 0 Å². The fraction of sp³-hybridized carbons (Fsp3) is 0. The van der Waals surface area contributed by atoms with Gasteiger partial charge in [-0.1, -0.05) is 133 Å². The highest BCUT2D eigenvalue weighted by atomic mass is 32.1. The quantitative estimate of drug-likeness (QED) is 0.171. The molecule has 0 N–H and O–H groups in total. The molecular weight excluding hydrogens is 689 g/mol. The molecule has 4 nitrogen and oxygen atoms in total. The molecule has 0 aliphatic rings. The van der Waals surface area contributed by atoms with Crippen molar-refractivity contribution in [1.29, 1.82) is 0 Å². The summed E-state index contributed by atoms with van der Waals surface area (Å²) in [5.41, 5.74) is 10.7. The Balaban J connectivity index is 1.13. The average molecular weight is 721 g/mol. The van der Waals surface area contributed by atoms with Crippen molar-refractivity contribution in [2.24, 2.45) is 0 Å². The molecule has 8 aromatic carbocycles. The number of aromatic nitrogens is 3. The number of benzene rings is 8. The molecule has 0 atom stereocenters. The summed E-state index contributed by atoms with van der Waals surface area (Å²) in [6.45, 7) is 0. The van der Waals surface area contributed by atoms with E-state index in [2.05, 4.69) is 191 Å². The second-order valence-electron chi connectivity index (χ2n) is 13.8. The molecule has 0 unspecified atom stereocenters. The van der Waals surface area contributed by atoms with Crippen LogP contribution >= 0.6 is 11.3 Å². The van der Waals surface area contributed by atoms with Crippen molar-refractivity contribution in [1.82, 2.24) is 14.5 Å². The molecule has 0 aliphatic carbocycles. The Hall–Kier alpha value is -7.08. The molecule has 0 spiro atoms. The van der Waals surface area contributed by atoms with E-state index in [9.17, 15) is 0 Å². The molecule has 11 aromatic rings. The minimum atomic E-state index is 0.614. The van der Waals surface area contributed by atoms with Gasteiger partial charge in [0.25, 0.3) is 0 Å². The van der Waals surface area contributed by atoms with Crippen molar-refractivity contribution in [3.8, 4) is 28.1 Å². The average Bonchev–Trinajstić information content (AvgIpc) is 3.80. The van der Waals surface area contributed by atoms with Gasteiger partial charge in [-0.3, -0.25) is 4.90 Å². The Bertz CT molecular complexity index is 3200. The number of anilines is 3. The van der Waals surface area contributed by atoms with Gasteiger partial charge in [0.2, 0.25) is 5.95 Å². The van der Waals surface area contributed by atoms with E-state index in [1.807, 2.05) is 23.5 Å². The van der Waals surface area contributed by atoms with Gasteiger partial charge in [-0.15, -0.1) is 11.3 Å². The smallest absolute Gasteiger partial charge is 0.235 e. The standard InChI is InChI=1S/C50H32N4S/c1-3-14-34(15-4-1)48-42-20-7-10-23-44(42)51-50(52-48)53(36-28-26-33(27-29-36)38-21-13-22-41-40-19-9-12-25-47(40)55-49(38)41)37-30-31-46-43(32-37)39-18-8-11-24-45(39)54(46)35-16-5-2-6-17-35/h1-32H. The molecule has 0 fully saturated rings. The van der Waals surface area contributed by atoms with Gasteiger partial charge in [0, 0.05) is 59.0 Å². The van der Waals surface area contributed by atoms with Crippen LogP contribution in [-0.2, 0) is 0 Å². The normalized spacial score (nSPS) is 11.6. The van der Waals surface area contributed by atoms with Crippen LogP contribution < -0.4 is 4.90 Å². The number of rotatable bonds is 6. The summed E-state index contributed by atoms with van der Waals surface area (Å²) in [6, 6.07) is 68.9. The van der Waals surface area contributed by atoms with Gasteiger partial charge in [-0.05, 0) is 71.8 Å². The van der Waals surface area contributed by atoms with E-state index in [1.54, 1.807) is 0 Å². The van der Waals surface area contributed by atoms with Crippen LogP contribution in [0, 0.1) is 0 Å². The Labute approximate surface area is 321 Å². The lowest BCUT2D eigenvalue weighted by Crippen LogP contribution is -2.14. The first kappa shape index (κ1) is 31.4. The first-order chi connectivity index (χ1) is 27.3. The van der Waals surface area contributed by atoms with E-state index in [-0.39, 0.29) is 0 Å². The van der Waals surface area contributed by atoms with Crippen molar-refractivity contribution < 1.29 is 0 Å². The minimum absolute atomic E-state index is 0.614. The molecular formula is C50H32N4S. The molecule has 3 heterocycles. The first-order valence-corrected chi connectivity index (χ1v) is 19.3. The molecule has 11 rings (SSSR count). The lowest BCUT2D eigenvalue weighted by atomic mass is 10.0. The Morgan fingerprint density at radius 3 is 1.93 bits per heavy atom. The van der Waals surface area contributed by atoms with Crippen LogP contribution in [0.4, 0.5) is 17.3 Å². The fourth-order valence-electron chi connectivity index (χ4n) is 8.08. The second-order valence-corrected chi connectivity index (χ2v) is 14.9. The van der Waals surface area contributed by atoms with E-state index in [1.165, 1.54) is 47.6 Å². The van der Waals surface area contributed by atoms with Gasteiger partial charge in [-0.25, -0.2) is 9.97 Å². The van der Waals surface area contributed by atoms with Gasteiger partial charge in [0.05, 0.1) is 22.2 Å². The minimum Gasteiger partial charge on any atom is -0.309 e. The van der Waals surface area contributed by atoms with Crippen molar-refractivity contribution >= 4 is 81.5 Å². The van der Waals surface area contributed by atoms with Gasteiger partial charge >= 0.3 is 0 Å². The van der Waals surface area contributed by atoms with Crippen LogP contribution in [0.2, 0.25) is 0 Å². The summed E-state index contributed by atoms with van der Waals surface area (Å²) < 4.78 is 4.96. The molecule has 0 radical (unpaired) electrons. The summed E-state index contributed by atoms with van der Waals surface area (Å²) in [5, 5.41) is 5.98. The number of para-hydroxylation sites is 3. The Kier molecular flexibility index (Phi) is 7.32. The predicted molar refractivity (Wildman–Crippen MR) is 232 cm³/mol. The third kappa shape index (κ3) is 5.20. The van der Waals surface area contributed by atoms with Crippen molar-refractivity contribution in [2.45, 2.75) is 0 Å². The maximum Gasteiger partial charge on any atom is 0.235 e. The highest BCUT2D eigenvalue weighted by Crippen LogP contribution is 2.43. The molecule has 258 valence electrons. The molecule has 0 bridgehead atoms. The largest absolute Gasteiger partial charge is 0.309 e. The maximum absolute atomic E-state index is 5.38. The molecule has 0 saturated heterocycles. The lowest BCUT2D eigenvalue weighted by molar-refractivity contribution is 1.11. The Morgan fingerprint density at radius 2 is 1.09 bits per heavy atom. The van der Waals surface area contributed by atoms with Crippen LogP contribution in [0.1, 0.15) is 0 Å². The third-order valence-electron chi connectivity index (χ3n) is 10.6. The zero-order valence-electron chi connectivity index (χ0n) is 29.7. The summed E-state index contributed by atoms with van der Waals surface area (Å²) >= 11 is 1.86. The van der Waals surface area contributed by atoms with Crippen LogP contribution in [0.5, 0.6) is 0 Å². The molecule has 55 heavy (non-hydrogen) atoms. The van der Waals surface area contributed by atoms with Crippen LogP contribution in [0.25, 0.3) is 81.0 Å². The fourth-order valence-corrected chi connectivity index (χ4v) is 9.32. The second kappa shape index (κ2) is 12.8. The van der Waals surface area contributed by atoms with Gasteiger partial charge in [-0.2, -0.15) is 0 Å². The lowest BCUT2D eigenvalue weighted by Gasteiger charge is -2.25. The van der Waals surface area contributed by atoms with E-state index >= 15 is 0 Å². The van der Waals surface area contributed by atoms with E-state index in [4.69, 9.17) is 9.97 Å². The number of thiophene rings is 1. The summed E-state index contributed by atoms with van der Waals surface area (Å²) in [5.74, 6) is 0.614. The monoisotopic (exact) mass is 720 g/mol. The predicted octanol–water partition coefficient (Wildman–Crippen LogP) is 13.9. The zero-order valence-corrected chi connectivity index (χ0v) is 30.5. The van der Waals surface area contributed by atoms with E-state index < -0.39 is 0 Å². The highest BCUT2D eigenvalue weighted by Gasteiger charge is 2.22. The summed E-state index contributed by atoms with van der Waals surface area (Å²) in [7, 11) is 0. The first-order valence-electron chi connectivity index (χ1n) is 18.5. The van der Waals surface area contributed by atoms with Crippen LogP contribution in [-0.4, -0.2) is 14.5 Å². The number of hydrogen-bond donors (Lipinski definition) is 0.